The molecule has 6 heteroatoms. The first-order valence-electron chi connectivity index (χ1n) is 7.85. The third-order valence-electron chi connectivity index (χ3n) is 3.82. The van der Waals surface area contributed by atoms with Crippen molar-refractivity contribution < 1.29 is 23.8 Å². The number of nitrogens with zero attached hydrogens (tertiary/aromatic N) is 1. The first-order chi connectivity index (χ1) is 11.1. The van der Waals surface area contributed by atoms with Crippen molar-refractivity contribution in [3.8, 4) is 11.5 Å². The molecule has 6 nitrogen and oxygen atoms in total. The summed E-state index contributed by atoms with van der Waals surface area (Å²) in [5.41, 5.74) is 0. The average molecular weight is 321 g/mol. The van der Waals surface area contributed by atoms with Crippen LogP contribution in [0.15, 0.2) is 24.3 Å². The highest BCUT2D eigenvalue weighted by atomic mass is 16.5. The van der Waals surface area contributed by atoms with E-state index in [-0.39, 0.29) is 24.4 Å². The molecule has 0 bridgehead atoms. The maximum absolute atomic E-state index is 12.2. The summed E-state index contributed by atoms with van der Waals surface area (Å²) in [6.45, 7) is 3.17. The summed E-state index contributed by atoms with van der Waals surface area (Å²) >= 11 is 0. The van der Waals surface area contributed by atoms with E-state index in [4.69, 9.17) is 14.2 Å². The molecule has 126 valence electrons. The van der Waals surface area contributed by atoms with E-state index < -0.39 is 0 Å². The van der Waals surface area contributed by atoms with Crippen molar-refractivity contribution in [2.45, 2.75) is 19.8 Å². The number of hydrogen-bond acceptors (Lipinski definition) is 5. The summed E-state index contributed by atoms with van der Waals surface area (Å²) < 4.78 is 15.6. The van der Waals surface area contributed by atoms with E-state index in [0.717, 1.165) is 18.6 Å². The molecule has 1 aliphatic rings. The van der Waals surface area contributed by atoms with E-state index in [1.807, 2.05) is 0 Å². The Bertz CT molecular complexity index is 528. The van der Waals surface area contributed by atoms with Crippen molar-refractivity contribution in [3.63, 3.8) is 0 Å². The van der Waals surface area contributed by atoms with E-state index in [2.05, 4.69) is 0 Å². The van der Waals surface area contributed by atoms with Gasteiger partial charge < -0.3 is 19.1 Å². The van der Waals surface area contributed by atoms with E-state index in [1.54, 1.807) is 43.2 Å². The van der Waals surface area contributed by atoms with Crippen LogP contribution in [0.25, 0.3) is 0 Å². The normalized spacial score (nSPS) is 17.5. The second-order valence-electron chi connectivity index (χ2n) is 5.40. The number of carbonyl (C=O) groups is 2. The lowest BCUT2D eigenvalue weighted by molar-refractivity contribution is -0.151. The van der Waals surface area contributed by atoms with E-state index in [0.29, 0.717) is 25.4 Å². The molecular formula is C17H23NO5. The summed E-state index contributed by atoms with van der Waals surface area (Å²) in [6.07, 6.45) is 1.57. The Morgan fingerprint density at radius 1 is 1.22 bits per heavy atom. The molecule has 2 rings (SSSR count). The Morgan fingerprint density at radius 3 is 2.57 bits per heavy atom. The highest BCUT2D eigenvalue weighted by molar-refractivity contribution is 5.79. The molecule has 0 spiro atoms. The Balaban J connectivity index is 1.83. The van der Waals surface area contributed by atoms with Crippen molar-refractivity contribution in [2.24, 2.45) is 5.92 Å². The minimum absolute atomic E-state index is 0.0398. The zero-order chi connectivity index (χ0) is 16.7. The molecule has 1 saturated heterocycles. The van der Waals surface area contributed by atoms with Gasteiger partial charge in [-0.2, -0.15) is 0 Å². The molecule has 0 saturated carbocycles. The lowest BCUT2D eigenvalue weighted by atomic mass is 9.98. The number of carbonyl (C=O) groups excluding carboxylic acids is 2. The van der Waals surface area contributed by atoms with Gasteiger partial charge in [-0.05, 0) is 44.0 Å². The van der Waals surface area contributed by atoms with Crippen LogP contribution < -0.4 is 9.47 Å². The number of piperidine rings is 1. The first kappa shape index (κ1) is 17.1. The maximum Gasteiger partial charge on any atom is 0.310 e. The third-order valence-corrected chi connectivity index (χ3v) is 3.82. The van der Waals surface area contributed by atoms with E-state index in [1.165, 1.54) is 0 Å². The molecule has 0 N–H and O–H groups in total. The molecule has 1 aliphatic heterocycles. The number of esters is 1. The van der Waals surface area contributed by atoms with Crippen LogP contribution >= 0.6 is 0 Å². The standard InChI is InChI=1S/C17H23NO5/c1-3-22-17(20)13-5-4-10-18(11-13)16(19)12-23-15-8-6-14(21-2)7-9-15/h6-9,13H,3-5,10-12H2,1-2H3/t13-/m1/s1. The zero-order valence-electron chi connectivity index (χ0n) is 13.6. The van der Waals surface area contributed by atoms with Gasteiger partial charge in [-0.15, -0.1) is 0 Å². The molecule has 1 amide bonds. The number of ether oxygens (including phenoxy) is 3. The van der Waals surface area contributed by atoms with Crippen LogP contribution in [0.5, 0.6) is 11.5 Å². The number of hydrogen-bond donors (Lipinski definition) is 0. The lowest BCUT2D eigenvalue weighted by Crippen LogP contribution is -2.44. The summed E-state index contributed by atoms with van der Waals surface area (Å²) in [5.74, 6) is 0.777. The molecule has 0 unspecified atom stereocenters. The molecule has 1 aromatic rings. The molecule has 0 radical (unpaired) electrons. The molecule has 1 heterocycles. The lowest BCUT2D eigenvalue weighted by Gasteiger charge is -2.31. The van der Waals surface area contributed by atoms with Crippen molar-refractivity contribution >= 4 is 11.9 Å². The molecular weight excluding hydrogens is 298 g/mol. The summed E-state index contributed by atoms with van der Waals surface area (Å²) in [4.78, 5) is 25.7. The van der Waals surface area contributed by atoms with Crippen molar-refractivity contribution in [1.29, 1.82) is 0 Å². The SMILES string of the molecule is CCOC(=O)[C@@H]1CCCN(C(=O)COc2ccc(OC)cc2)C1. The molecule has 1 atom stereocenters. The topological polar surface area (TPSA) is 65.1 Å². The quantitative estimate of drug-likeness (QED) is 0.749. The van der Waals surface area contributed by atoms with E-state index in [9.17, 15) is 9.59 Å². The number of amides is 1. The summed E-state index contributed by atoms with van der Waals surface area (Å²) in [5, 5.41) is 0. The third kappa shape index (κ3) is 4.87. The fourth-order valence-corrected chi connectivity index (χ4v) is 2.56. The number of likely N-dealkylation sites (tertiary alicyclic amines) is 1. The van der Waals surface area contributed by atoms with Gasteiger partial charge in [0.05, 0.1) is 19.6 Å². The van der Waals surface area contributed by atoms with Crippen LogP contribution in [0.3, 0.4) is 0 Å². The van der Waals surface area contributed by atoms with Crippen molar-refractivity contribution in [3.05, 3.63) is 24.3 Å². The highest BCUT2D eigenvalue weighted by Crippen LogP contribution is 2.19. The van der Waals surface area contributed by atoms with Gasteiger partial charge >= 0.3 is 5.97 Å². The second-order valence-corrected chi connectivity index (χ2v) is 5.40. The van der Waals surface area contributed by atoms with Gasteiger partial charge in [0, 0.05) is 13.1 Å². The summed E-state index contributed by atoms with van der Waals surface area (Å²) in [7, 11) is 1.59. The van der Waals surface area contributed by atoms with Crippen LogP contribution in [-0.4, -0.2) is 50.2 Å². The van der Waals surface area contributed by atoms with E-state index >= 15 is 0 Å². The minimum atomic E-state index is -0.228. The van der Waals surface area contributed by atoms with Crippen molar-refractivity contribution in [1.82, 2.24) is 4.90 Å². The van der Waals surface area contributed by atoms with Gasteiger partial charge in [-0.25, -0.2) is 0 Å². The monoisotopic (exact) mass is 321 g/mol. The van der Waals surface area contributed by atoms with Gasteiger partial charge in [0.2, 0.25) is 0 Å². The number of benzene rings is 1. The summed E-state index contributed by atoms with van der Waals surface area (Å²) in [6, 6.07) is 7.06. The van der Waals surface area contributed by atoms with Gasteiger partial charge in [0.15, 0.2) is 6.61 Å². The highest BCUT2D eigenvalue weighted by Gasteiger charge is 2.29. The minimum Gasteiger partial charge on any atom is -0.497 e. The fraction of sp³-hybridized carbons (Fsp3) is 0.529. The Labute approximate surface area is 136 Å². The van der Waals surface area contributed by atoms with Gasteiger partial charge in [-0.3, -0.25) is 9.59 Å². The number of methoxy groups -OCH3 is 1. The van der Waals surface area contributed by atoms with Gasteiger partial charge in [-0.1, -0.05) is 0 Å². The molecule has 1 aromatic carbocycles. The molecule has 23 heavy (non-hydrogen) atoms. The van der Waals surface area contributed by atoms with Crippen LogP contribution in [0, 0.1) is 5.92 Å². The predicted molar refractivity (Wildman–Crippen MR) is 84.4 cm³/mol. The maximum atomic E-state index is 12.2. The fourth-order valence-electron chi connectivity index (χ4n) is 2.56. The Morgan fingerprint density at radius 2 is 1.91 bits per heavy atom. The Kier molecular flexibility index (Phi) is 6.26. The largest absolute Gasteiger partial charge is 0.497 e. The first-order valence-corrected chi connectivity index (χ1v) is 7.85. The van der Waals surface area contributed by atoms with Crippen molar-refractivity contribution in [2.75, 3.05) is 33.4 Å². The molecule has 1 fully saturated rings. The number of rotatable bonds is 6. The second kappa shape index (κ2) is 8.41. The van der Waals surface area contributed by atoms with Crippen LogP contribution in [0.4, 0.5) is 0 Å². The van der Waals surface area contributed by atoms with Crippen LogP contribution in [0.1, 0.15) is 19.8 Å². The van der Waals surface area contributed by atoms with Gasteiger partial charge in [0.1, 0.15) is 11.5 Å². The molecule has 0 aliphatic carbocycles. The average Bonchev–Trinajstić information content (AvgIpc) is 2.60. The zero-order valence-corrected chi connectivity index (χ0v) is 13.6. The molecule has 0 aromatic heterocycles. The van der Waals surface area contributed by atoms with Gasteiger partial charge in [0.25, 0.3) is 5.91 Å². The smallest absolute Gasteiger partial charge is 0.310 e. The van der Waals surface area contributed by atoms with Crippen LogP contribution in [-0.2, 0) is 14.3 Å². The Hall–Kier alpha value is -2.24. The van der Waals surface area contributed by atoms with Crippen LogP contribution in [0.2, 0.25) is 0 Å². The predicted octanol–water partition coefficient (Wildman–Crippen LogP) is 1.88.